The van der Waals surface area contributed by atoms with Crippen LogP contribution in [-0.4, -0.2) is 34.9 Å². The van der Waals surface area contributed by atoms with Crippen molar-refractivity contribution in [2.75, 3.05) is 6.54 Å². The van der Waals surface area contributed by atoms with Crippen molar-refractivity contribution in [2.24, 2.45) is 0 Å². The first-order chi connectivity index (χ1) is 12.1. The van der Waals surface area contributed by atoms with Gasteiger partial charge in [0.1, 0.15) is 12.1 Å². The number of imide groups is 1. The Morgan fingerprint density at radius 2 is 2.00 bits per heavy atom. The number of rotatable bonds is 5. The summed E-state index contributed by atoms with van der Waals surface area (Å²) in [5.74, 6) is -0.752. The minimum Gasteiger partial charge on any atom is -0.461 e. The van der Waals surface area contributed by atoms with E-state index in [-0.39, 0.29) is 25.5 Å². The molecule has 1 aliphatic carbocycles. The van der Waals surface area contributed by atoms with Gasteiger partial charge < -0.3 is 10.1 Å². The van der Waals surface area contributed by atoms with Gasteiger partial charge in [-0.05, 0) is 18.9 Å². The highest BCUT2D eigenvalue weighted by molar-refractivity contribution is 6.07. The molecule has 0 aromatic heterocycles. The molecule has 2 aliphatic rings. The van der Waals surface area contributed by atoms with Crippen LogP contribution in [-0.2, 0) is 20.9 Å². The number of nitriles is 1. The summed E-state index contributed by atoms with van der Waals surface area (Å²) in [5, 5.41) is 11.8. The van der Waals surface area contributed by atoms with Gasteiger partial charge in [-0.2, -0.15) is 5.26 Å². The Balaban J connectivity index is 1.52. The van der Waals surface area contributed by atoms with Crippen molar-refractivity contribution in [1.82, 2.24) is 10.2 Å². The third-order valence-corrected chi connectivity index (χ3v) is 4.77. The van der Waals surface area contributed by atoms with Gasteiger partial charge >= 0.3 is 12.0 Å². The molecule has 1 aliphatic heterocycles. The Kier molecular flexibility index (Phi) is 4.70. The molecule has 1 N–H and O–H groups in total. The van der Waals surface area contributed by atoms with Crippen LogP contribution >= 0.6 is 0 Å². The number of carbonyl (C=O) groups excluding carboxylic acids is 3. The van der Waals surface area contributed by atoms with E-state index in [0.29, 0.717) is 24.0 Å². The van der Waals surface area contributed by atoms with E-state index in [9.17, 15) is 14.4 Å². The van der Waals surface area contributed by atoms with Crippen molar-refractivity contribution >= 4 is 17.9 Å². The van der Waals surface area contributed by atoms with Gasteiger partial charge in [0, 0.05) is 12.1 Å². The highest BCUT2D eigenvalue weighted by Crippen LogP contribution is 2.35. The van der Waals surface area contributed by atoms with E-state index >= 15 is 0 Å². The normalized spacial score (nSPS) is 18.3. The van der Waals surface area contributed by atoms with Crippen LogP contribution in [0.4, 0.5) is 4.79 Å². The average Bonchev–Trinajstić information content (AvgIpc) is 3.17. The van der Waals surface area contributed by atoms with Gasteiger partial charge in [-0.1, -0.05) is 31.0 Å². The number of nitrogens with one attached hydrogen (secondary N) is 1. The van der Waals surface area contributed by atoms with Crippen molar-refractivity contribution in [2.45, 2.75) is 44.2 Å². The molecule has 3 amide bonds. The molecule has 7 nitrogen and oxygen atoms in total. The Hall–Kier alpha value is -2.88. The number of nitrogens with zero attached hydrogens (tertiary/aromatic N) is 2. The maximum absolute atomic E-state index is 12.5. The fourth-order valence-electron chi connectivity index (χ4n) is 3.39. The lowest BCUT2D eigenvalue weighted by Crippen LogP contribution is -2.44. The Labute approximate surface area is 145 Å². The van der Waals surface area contributed by atoms with Crippen LogP contribution in [0.25, 0.3) is 0 Å². The van der Waals surface area contributed by atoms with Gasteiger partial charge in [0.2, 0.25) is 0 Å². The lowest BCUT2D eigenvalue weighted by molar-refractivity contribution is -0.145. The Morgan fingerprint density at radius 1 is 1.28 bits per heavy atom. The zero-order valence-corrected chi connectivity index (χ0v) is 13.8. The van der Waals surface area contributed by atoms with Crippen LogP contribution in [0.5, 0.6) is 0 Å². The van der Waals surface area contributed by atoms with Gasteiger partial charge in [0.15, 0.2) is 0 Å². The number of esters is 1. The standard InChI is InChI=1S/C18H19N3O4/c19-11-13-5-1-2-6-14(13)12-25-15(22)7-10-21-16(23)18(20-17(21)24)8-3-4-9-18/h1-2,5-6H,3-4,7-10,12H2,(H,20,24). The highest BCUT2D eigenvalue weighted by atomic mass is 16.5. The quantitative estimate of drug-likeness (QED) is 0.651. The third kappa shape index (κ3) is 3.33. The van der Waals surface area contributed by atoms with E-state index in [2.05, 4.69) is 5.32 Å². The lowest BCUT2D eigenvalue weighted by Gasteiger charge is -2.19. The summed E-state index contributed by atoms with van der Waals surface area (Å²) in [6.45, 7) is -0.00219. The van der Waals surface area contributed by atoms with Crippen molar-refractivity contribution in [3.05, 3.63) is 35.4 Å². The fraction of sp³-hybridized carbons (Fsp3) is 0.444. The molecule has 1 spiro atoms. The minimum absolute atomic E-state index is 0.00511. The summed E-state index contributed by atoms with van der Waals surface area (Å²) in [7, 11) is 0. The van der Waals surface area contributed by atoms with Crippen LogP contribution in [0.2, 0.25) is 0 Å². The predicted octanol–water partition coefficient (Wildman–Crippen LogP) is 1.86. The largest absolute Gasteiger partial charge is 0.461 e. The predicted molar refractivity (Wildman–Crippen MR) is 87.0 cm³/mol. The summed E-state index contributed by atoms with van der Waals surface area (Å²) in [5.41, 5.74) is 0.318. The molecule has 1 aromatic carbocycles. The number of ether oxygens (including phenoxy) is 1. The van der Waals surface area contributed by atoms with Crippen molar-refractivity contribution in [3.8, 4) is 6.07 Å². The number of amides is 3. The molecule has 1 saturated heterocycles. The smallest absolute Gasteiger partial charge is 0.325 e. The molecular formula is C18H19N3O4. The molecule has 1 aromatic rings. The van der Waals surface area contributed by atoms with E-state index in [1.807, 2.05) is 6.07 Å². The van der Waals surface area contributed by atoms with Crippen molar-refractivity contribution in [1.29, 1.82) is 5.26 Å². The molecule has 2 fully saturated rings. The van der Waals surface area contributed by atoms with Gasteiger partial charge in [0.05, 0.1) is 18.1 Å². The van der Waals surface area contributed by atoms with Gasteiger partial charge in [-0.3, -0.25) is 14.5 Å². The Bertz CT molecular complexity index is 747. The van der Waals surface area contributed by atoms with Crippen LogP contribution in [0.15, 0.2) is 24.3 Å². The SMILES string of the molecule is N#Cc1ccccc1COC(=O)CCN1C(=O)NC2(CCCC2)C1=O. The molecule has 1 heterocycles. The molecular weight excluding hydrogens is 322 g/mol. The number of carbonyl (C=O) groups is 3. The molecule has 0 unspecified atom stereocenters. The Morgan fingerprint density at radius 3 is 2.72 bits per heavy atom. The molecule has 1 saturated carbocycles. The van der Waals surface area contributed by atoms with Gasteiger partial charge in [-0.15, -0.1) is 0 Å². The van der Waals surface area contributed by atoms with E-state index in [1.165, 1.54) is 0 Å². The second-order valence-corrected chi connectivity index (χ2v) is 6.36. The zero-order valence-electron chi connectivity index (χ0n) is 13.8. The molecule has 130 valence electrons. The first-order valence-electron chi connectivity index (χ1n) is 8.33. The van der Waals surface area contributed by atoms with E-state index in [0.717, 1.165) is 17.7 Å². The minimum atomic E-state index is -0.757. The van der Waals surface area contributed by atoms with Gasteiger partial charge in [0.25, 0.3) is 5.91 Å². The first-order valence-corrected chi connectivity index (χ1v) is 8.33. The van der Waals surface area contributed by atoms with Crippen LogP contribution in [0.1, 0.15) is 43.2 Å². The summed E-state index contributed by atoms with van der Waals surface area (Å²) in [6.07, 6.45) is 3.08. The molecule has 7 heteroatoms. The number of hydrogen-bond acceptors (Lipinski definition) is 5. The van der Waals surface area contributed by atoms with Gasteiger partial charge in [-0.25, -0.2) is 4.79 Å². The average molecular weight is 341 g/mol. The monoisotopic (exact) mass is 341 g/mol. The number of hydrogen-bond donors (Lipinski definition) is 1. The molecule has 25 heavy (non-hydrogen) atoms. The topological polar surface area (TPSA) is 99.5 Å². The lowest BCUT2D eigenvalue weighted by atomic mass is 9.98. The van der Waals surface area contributed by atoms with Crippen LogP contribution in [0.3, 0.4) is 0 Å². The molecule has 0 atom stereocenters. The second kappa shape index (κ2) is 6.93. The van der Waals surface area contributed by atoms with Crippen molar-refractivity contribution < 1.29 is 19.1 Å². The number of benzene rings is 1. The zero-order chi connectivity index (χ0) is 17.9. The van der Waals surface area contributed by atoms with Crippen molar-refractivity contribution in [3.63, 3.8) is 0 Å². The maximum Gasteiger partial charge on any atom is 0.325 e. The maximum atomic E-state index is 12.5. The van der Waals surface area contributed by atoms with E-state index in [1.54, 1.807) is 24.3 Å². The molecule has 0 radical (unpaired) electrons. The summed E-state index contributed by atoms with van der Waals surface area (Å²) in [6, 6.07) is 8.47. The van der Waals surface area contributed by atoms with Crippen LogP contribution in [0, 0.1) is 11.3 Å². The number of urea groups is 1. The molecule has 0 bridgehead atoms. The van der Waals surface area contributed by atoms with E-state index in [4.69, 9.17) is 10.00 Å². The first kappa shape index (κ1) is 17.0. The summed E-state index contributed by atoms with van der Waals surface area (Å²) < 4.78 is 5.16. The fourth-order valence-corrected chi connectivity index (χ4v) is 3.39. The van der Waals surface area contributed by atoms with E-state index < -0.39 is 17.5 Å². The highest BCUT2D eigenvalue weighted by Gasteiger charge is 2.52. The summed E-state index contributed by atoms with van der Waals surface area (Å²) >= 11 is 0. The third-order valence-electron chi connectivity index (χ3n) is 4.77. The van der Waals surface area contributed by atoms with Crippen LogP contribution < -0.4 is 5.32 Å². The second-order valence-electron chi connectivity index (χ2n) is 6.36. The molecule has 3 rings (SSSR count). The summed E-state index contributed by atoms with van der Waals surface area (Å²) in [4.78, 5) is 37.5.